The number of aromatic hydroxyl groups is 1. The molecule has 7 heteroatoms. The number of aromatic amines is 1. The van der Waals surface area contributed by atoms with Crippen molar-refractivity contribution in [2.75, 3.05) is 31.1 Å². The number of anilines is 1. The van der Waals surface area contributed by atoms with E-state index in [0.29, 0.717) is 13.1 Å². The van der Waals surface area contributed by atoms with E-state index in [1.807, 2.05) is 0 Å². The van der Waals surface area contributed by atoms with Crippen molar-refractivity contribution in [1.82, 2.24) is 15.3 Å². The Morgan fingerprint density at radius 1 is 1.38 bits per heavy atom. The van der Waals surface area contributed by atoms with Crippen LogP contribution in [0.3, 0.4) is 0 Å². The van der Waals surface area contributed by atoms with Crippen molar-refractivity contribution in [2.24, 2.45) is 0 Å². The second-order valence-electron chi connectivity index (χ2n) is 3.62. The Hall–Kier alpha value is -1.63. The summed E-state index contributed by atoms with van der Waals surface area (Å²) in [4.78, 5) is 18.9. The fourth-order valence-corrected chi connectivity index (χ4v) is 1.64. The predicted octanol–water partition coefficient (Wildman–Crippen LogP) is -0.586. The summed E-state index contributed by atoms with van der Waals surface area (Å²) >= 11 is 0. The van der Waals surface area contributed by atoms with Crippen LogP contribution in [0.15, 0.2) is 4.79 Å². The molecule has 0 bridgehead atoms. The summed E-state index contributed by atoms with van der Waals surface area (Å²) in [6, 6.07) is 0. The average Bonchev–Trinajstić information content (AvgIpc) is 2.53. The minimum Gasteiger partial charge on any atom is -0.491 e. The minimum atomic E-state index is -1.24. The summed E-state index contributed by atoms with van der Waals surface area (Å²) in [5.74, 6) is -1.87. The van der Waals surface area contributed by atoms with Crippen LogP contribution in [-0.4, -0.2) is 41.3 Å². The third-order valence-electron chi connectivity index (χ3n) is 2.47. The van der Waals surface area contributed by atoms with E-state index in [9.17, 15) is 9.18 Å². The molecular weight excluding hydrogens is 215 g/mol. The predicted molar refractivity (Wildman–Crippen MR) is 56.2 cm³/mol. The lowest BCUT2D eigenvalue weighted by Crippen LogP contribution is -2.31. The highest BCUT2D eigenvalue weighted by atomic mass is 19.1. The second kappa shape index (κ2) is 4.48. The zero-order chi connectivity index (χ0) is 11.5. The number of hydrogen-bond acceptors (Lipinski definition) is 5. The van der Waals surface area contributed by atoms with E-state index in [2.05, 4.69) is 15.3 Å². The van der Waals surface area contributed by atoms with Crippen LogP contribution >= 0.6 is 0 Å². The molecule has 16 heavy (non-hydrogen) atoms. The van der Waals surface area contributed by atoms with Crippen molar-refractivity contribution in [3.63, 3.8) is 0 Å². The molecule has 0 aromatic carbocycles. The van der Waals surface area contributed by atoms with E-state index < -0.39 is 17.3 Å². The molecule has 1 aromatic rings. The molecule has 3 N–H and O–H groups in total. The second-order valence-corrected chi connectivity index (χ2v) is 3.62. The highest BCUT2D eigenvalue weighted by molar-refractivity contribution is 5.32. The molecule has 0 atom stereocenters. The van der Waals surface area contributed by atoms with Gasteiger partial charge in [0.1, 0.15) is 0 Å². The van der Waals surface area contributed by atoms with Gasteiger partial charge >= 0.3 is 0 Å². The maximum atomic E-state index is 12.9. The number of nitrogens with zero attached hydrogens (tertiary/aromatic N) is 2. The van der Waals surface area contributed by atoms with Gasteiger partial charge < -0.3 is 15.3 Å². The van der Waals surface area contributed by atoms with Gasteiger partial charge in [-0.1, -0.05) is 0 Å². The van der Waals surface area contributed by atoms with E-state index in [4.69, 9.17) is 5.11 Å². The van der Waals surface area contributed by atoms with Gasteiger partial charge in [0.15, 0.2) is 0 Å². The van der Waals surface area contributed by atoms with Crippen molar-refractivity contribution >= 4 is 5.95 Å². The largest absolute Gasteiger partial charge is 0.491 e. The first-order valence-corrected chi connectivity index (χ1v) is 5.13. The Morgan fingerprint density at radius 3 is 2.94 bits per heavy atom. The molecule has 1 aliphatic heterocycles. The van der Waals surface area contributed by atoms with E-state index >= 15 is 0 Å². The van der Waals surface area contributed by atoms with Gasteiger partial charge in [-0.05, 0) is 13.0 Å². The summed E-state index contributed by atoms with van der Waals surface area (Å²) < 4.78 is 12.9. The van der Waals surface area contributed by atoms with Crippen molar-refractivity contribution in [1.29, 1.82) is 0 Å². The molecule has 0 saturated carbocycles. The monoisotopic (exact) mass is 228 g/mol. The zero-order valence-corrected chi connectivity index (χ0v) is 8.66. The van der Waals surface area contributed by atoms with E-state index in [-0.39, 0.29) is 5.95 Å². The summed E-state index contributed by atoms with van der Waals surface area (Å²) in [6.45, 7) is 3.03. The fourth-order valence-electron chi connectivity index (χ4n) is 1.64. The molecule has 88 valence electrons. The Bertz CT molecular complexity index is 426. The maximum absolute atomic E-state index is 12.9. The smallest absolute Gasteiger partial charge is 0.292 e. The molecule has 0 aliphatic carbocycles. The number of halogens is 1. The Morgan fingerprint density at radius 2 is 2.19 bits per heavy atom. The van der Waals surface area contributed by atoms with Crippen LogP contribution in [0, 0.1) is 5.82 Å². The van der Waals surface area contributed by atoms with Crippen LogP contribution < -0.4 is 15.8 Å². The van der Waals surface area contributed by atoms with Crippen molar-refractivity contribution in [3.8, 4) is 5.88 Å². The fraction of sp³-hybridized carbons (Fsp3) is 0.556. The van der Waals surface area contributed by atoms with Gasteiger partial charge in [-0.2, -0.15) is 9.37 Å². The van der Waals surface area contributed by atoms with Crippen LogP contribution in [0.5, 0.6) is 5.88 Å². The number of H-pyrrole nitrogens is 1. The Labute approximate surface area is 91.1 Å². The highest BCUT2D eigenvalue weighted by Gasteiger charge is 2.15. The van der Waals surface area contributed by atoms with Crippen molar-refractivity contribution in [3.05, 3.63) is 16.2 Å². The maximum Gasteiger partial charge on any atom is 0.292 e. The average molecular weight is 228 g/mol. The first kappa shape index (κ1) is 10.9. The van der Waals surface area contributed by atoms with Crippen LogP contribution in [0.1, 0.15) is 6.42 Å². The van der Waals surface area contributed by atoms with Crippen LogP contribution in [0.4, 0.5) is 10.3 Å². The number of aromatic nitrogens is 2. The van der Waals surface area contributed by atoms with Gasteiger partial charge in [0.05, 0.1) is 0 Å². The lowest BCUT2D eigenvalue weighted by molar-refractivity contribution is 0.404. The molecular formula is C9H13FN4O2. The number of rotatable bonds is 1. The summed E-state index contributed by atoms with van der Waals surface area (Å²) in [7, 11) is 0. The highest BCUT2D eigenvalue weighted by Crippen LogP contribution is 2.12. The van der Waals surface area contributed by atoms with Crippen molar-refractivity contribution in [2.45, 2.75) is 6.42 Å². The van der Waals surface area contributed by atoms with E-state index in [1.165, 1.54) is 0 Å². The quantitative estimate of drug-likeness (QED) is 0.599. The van der Waals surface area contributed by atoms with Crippen LogP contribution in [0.25, 0.3) is 0 Å². The normalized spacial score (nSPS) is 17.2. The van der Waals surface area contributed by atoms with Gasteiger partial charge in [0.25, 0.3) is 11.4 Å². The third-order valence-corrected chi connectivity index (χ3v) is 2.47. The molecule has 0 radical (unpaired) electrons. The van der Waals surface area contributed by atoms with Gasteiger partial charge in [0.2, 0.25) is 11.8 Å². The van der Waals surface area contributed by atoms with Crippen LogP contribution in [0.2, 0.25) is 0 Å². The lowest BCUT2D eigenvalue weighted by Gasteiger charge is -2.19. The van der Waals surface area contributed by atoms with E-state index in [1.54, 1.807) is 4.90 Å². The molecule has 1 fully saturated rings. The molecule has 2 rings (SSSR count). The minimum absolute atomic E-state index is 0.215. The topological polar surface area (TPSA) is 81.2 Å². The van der Waals surface area contributed by atoms with Gasteiger partial charge in [-0.15, -0.1) is 0 Å². The van der Waals surface area contributed by atoms with Gasteiger partial charge in [0, 0.05) is 19.6 Å². The molecule has 1 aliphatic rings. The molecule has 2 heterocycles. The first-order chi connectivity index (χ1) is 7.68. The SMILES string of the molecule is O=c1[nH]c(N2CCCNCC2)nc(O)c1F. The molecule has 6 nitrogen and oxygen atoms in total. The number of nitrogens with one attached hydrogen (secondary N) is 2. The third kappa shape index (κ3) is 2.13. The molecule has 1 saturated heterocycles. The molecule has 0 amide bonds. The zero-order valence-electron chi connectivity index (χ0n) is 8.66. The number of hydrogen-bond donors (Lipinski definition) is 3. The van der Waals surface area contributed by atoms with Gasteiger partial charge in [-0.25, -0.2) is 0 Å². The van der Waals surface area contributed by atoms with E-state index in [0.717, 1.165) is 19.5 Å². The molecule has 1 aromatic heterocycles. The van der Waals surface area contributed by atoms with Crippen molar-refractivity contribution < 1.29 is 9.50 Å². The molecule has 0 unspecified atom stereocenters. The summed E-state index contributed by atoms with van der Waals surface area (Å²) in [6.07, 6.45) is 0.905. The summed E-state index contributed by atoms with van der Waals surface area (Å²) in [5, 5.41) is 12.3. The molecule has 0 spiro atoms. The Kier molecular flexibility index (Phi) is 3.04. The standard InChI is InChI=1S/C9H13FN4O2/c10-6-7(15)12-9(13-8(6)16)14-4-1-2-11-3-5-14/h11H,1-5H2,(H2,12,13,15,16). The summed E-state index contributed by atoms with van der Waals surface area (Å²) in [5.41, 5.74) is -0.945. The first-order valence-electron chi connectivity index (χ1n) is 5.13. The van der Waals surface area contributed by atoms with Crippen LogP contribution in [-0.2, 0) is 0 Å². The van der Waals surface area contributed by atoms with Gasteiger partial charge in [-0.3, -0.25) is 9.78 Å². The Balaban J connectivity index is 2.28. The lowest BCUT2D eigenvalue weighted by atomic mass is 10.4.